The molecule has 23 nitrogen and oxygen atoms in total. The van der Waals surface area contributed by atoms with Gasteiger partial charge in [0.15, 0.2) is 12.2 Å². The number of imide groups is 2. The summed E-state index contributed by atoms with van der Waals surface area (Å²) in [6.45, 7) is 22.1. The van der Waals surface area contributed by atoms with Gasteiger partial charge in [-0.15, -0.1) is 13.2 Å². The number of aliphatic hydroxyl groups is 2. The molecule has 1 radical (unpaired) electrons. The quantitative estimate of drug-likeness (QED) is 0.0434. The van der Waals surface area contributed by atoms with Crippen molar-refractivity contribution in [2.75, 3.05) is 59.5 Å². The molecule has 0 spiro atoms. The first-order chi connectivity index (χ1) is 32.5. The van der Waals surface area contributed by atoms with Crippen molar-refractivity contribution in [1.82, 2.24) is 46.2 Å². The van der Waals surface area contributed by atoms with Crippen molar-refractivity contribution < 1.29 is 112 Å². The number of urea groups is 2. The predicted molar refractivity (Wildman–Crippen MR) is 259 cm³/mol. The molecule has 2 aliphatic rings. The zero-order valence-electron chi connectivity index (χ0n) is 42.5. The second-order valence-corrected chi connectivity index (χ2v) is 17.2. The number of aliphatic hydroxyl groups excluding tert-OH is 2. The summed E-state index contributed by atoms with van der Waals surface area (Å²) in [5.41, 5.74) is 0. The van der Waals surface area contributed by atoms with Gasteiger partial charge < -0.3 is 56.1 Å². The van der Waals surface area contributed by atoms with Crippen LogP contribution in [-0.2, 0) is 47.8 Å². The van der Waals surface area contributed by atoms with Gasteiger partial charge in [0.05, 0.1) is 44.4 Å². The number of ether oxygens (including phenoxy) is 2. The molecule has 24 heteroatoms. The molecule has 8 unspecified atom stereocenters. The second kappa shape index (κ2) is 34.8. The number of carbonyl (C=O) groups excluding carboxylic acids is 10. The molecule has 2 rings (SSSR count). The first-order valence-corrected chi connectivity index (χ1v) is 23.5. The molecule has 2 heterocycles. The molecule has 0 aromatic rings. The summed E-state index contributed by atoms with van der Waals surface area (Å²) in [5.74, 6) is -6.08. The van der Waals surface area contributed by atoms with E-state index in [1.54, 1.807) is 41.7 Å². The van der Waals surface area contributed by atoms with Crippen molar-refractivity contribution in [3.05, 3.63) is 25.3 Å². The van der Waals surface area contributed by atoms with Gasteiger partial charge in [-0.3, -0.25) is 38.4 Å². The summed E-state index contributed by atoms with van der Waals surface area (Å²) in [5, 5.41) is 34.0. The van der Waals surface area contributed by atoms with Crippen molar-refractivity contribution in [3.63, 3.8) is 0 Å². The van der Waals surface area contributed by atoms with Crippen molar-refractivity contribution in [1.29, 1.82) is 0 Å². The van der Waals surface area contributed by atoms with Crippen LogP contribution in [0.2, 0.25) is 0 Å². The third kappa shape index (κ3) is 20.5. The molecule has 401 valence electrons. The summed E-state index contributed by atoms with van der Waals surface area (Å²) in [6, 6.07) is -6.68. The number of hydrogen-bond donors (Lipinski definition) is 7. The SMILES string of the molecule is C.C=CCNC(=O)C(O)C(CCC)NC(=O)C1CN(CC(=O)OCC)C(=O)N1C(=O)C(C)C(C)C.C=CCNC(=O)C(O)C(CCC)NC(=O)C1CN(CC(=O)OCC)C(=O)N1C(=O)C(NC)C(C)C.[Ac]. The van der Waals surface area contributed by atoms with Gasteiger partial charge in [-0.2, -0.15) is 0 Å². The maximum Gasteiger partial charge on any atom is 0.328 e. The Morgan fingerprint density at radius 3 is 1.32 bits per heavy atom. The Balaban J connectivity index is 0. The number of amides is 10. The Labute approximate surface area is 454 Å². The Hall–Kier alpha value is -4.50. The summed E-state index contributed by atoms with van der Waals surface area (Å²) in [6.07, 6.45) is 1.51. The maximum absolute atomic E-state index is 13.3. The fourth-order valence-electron chi connectivity index (χ4n) is 7.31. The van der Waals surface area contributed by atoms with E-state index in [1.807, 2.05) is 27.7 Å². The Morgan fingerprint density at radius 2 is 1.03 bits per heavy atom. The Kier molecular flexibility index (Phi) is 33.6. The minimum atomic E-state index is -1.54. The summed E-state index contributed by atoms with van der Waals surface area (Å²) in [7, 11) is 1.57. The third-order valence-electron chi connectivity index (χ3n) is 11.3. The number of hydrogen-bond acceptors (Lipinski definition) is 15. The van der Waals surface area contributed by atoms with E-state index in [9.17, 15) is 58.2 Å². The molecule has 0 saturated carbocycles. The molecule has 0 aromatic heterocycles. The second-order valence-electron chi connectivity index (χ2n) is 17.2. The third-order valence-corrected chi connectivity index (χ3v) is 11.3. The van der Waals surface area contributed by atoms with E-state index in [1.165, 1.54) is 12.2 Å². The van der Waals surface area contributed by atoms with E-state index in [0.29, 0.717) is 12.8 Å². The zero-order valence-corrected chi connectivity index (χ0v) is 47.2. The minimum Gasteiger partial charge on any atom is -0.465 e. The molecule has 10 amide bonds. The van der Waals surface area contributed by atoms with E-state index >= 15 is 0 Å². The Bertz CT molecular complexity index is 1820. The van der Waals surface area contributed by atoms with Crippen LogP contribution >= 0.6 is 0 Å². The molecule has 2 aliphatic heterocycles. The maximum atomic E-state index is 13.3. The van der Waals surface area contributed by atoms with Gasteiger partial charge in [-0.25, -0.2) is 19.4 Å². The van der Waals surface area contributed by atoms with Crippen LogP contribution < -0.4 is 26.6 Å². The number of nitrogens with one attached hydrogen (secondary N) is 5. The van der Waals surface area contributed by atoms with E-state index in [4.69, 9.17) is 9.47 Å². The molecule has 0 aromatic carbocycles. The van der Waals surface area contributed by atoms with Gasteiger partial charge >= 0.3 is 24.0 Å². The van der Waals surface area contributed by atoms with Crippen LogP contribution in [-0.4, -0.2) is 191 Å². The van der Waals surface area contributed by atoms with Crippen molar-refractivity contribution >= 4 is 59.4 Å². The van der Waals surface area contributed by atoms with E-state index in [2.05, 4.69) is 39.7 Å². The van der Waals surface area contributed by atoms with Crippen LogP contribution in [0, 0.1) is 61.8 Å². The summed E-state index contributed by atoms with van der Waals surface area (Å²) < 4.78 is 9.80. The number of rotatable bonds is 27. The molecule has 0 aliphatic carbocycles. The predicted octanol–water partition coefficient (Wildman–Crippen LogP) is 0.433. The molecular formula is C47H81AcN9O14. The average molecular weight is 1220 g/mol. The molecule has 2 saturated heterocycles. The largest absolute Gasteiger partial charge is 0.465 e. The van der Waals surface area contributed by atoms with Crippen LogP contribution in [0.15, 0.2) is 25.3 Å². The van der Waals surface area contributed by atoms with Crippen LogP contribution in [0.25, 0.3) is 0 Å². The van der Waals surface area contributed by atoms with Crippen molar-refractivity contribution in [2.45, 2.75) is 138 Å². The zero-order chi connectivity index (χ0) is 52.7. The number of esters is 2. The van der Waals surface area contributed by atoms with Gasteiger partial charge in [0.1, 0.15) is 25.2 Å². The van der Waals surface area contributed by atoms with E-state index in [-0.39, 0.29) is 116 Å². The molecular weight excluding hydrogens is 1140 g/mol. The van der Waals surface area contributed by atoms with Crippen molar-refractivity contribution in [2.24, 2.45) is 17.8 Å². The molecule has 8 atom stereocenters. The fraction of sp³-hybridized carbons (Fsp3) is 0.702. The van der Waals surface area contributed by atoms with Gasteiger partial charge in [-0.05, 0) is 45.6 Å². The topological polar surface area (TPSA) is 303 Å². The van der Waals surface area contributed by atoms with Gasteiger partial charge in [0, 0.05) is 63.1 Å². The number of carbonyl (C=O) groups is 10. The van der Waals surface area contributed by atoms with Crippen molar-refractivity contribution in [3.8, 4) is 0 Å². The number of nitrogens with zero attached hydrogens (tertiary/aromatic N) is 4. The molecule has 71 heavy (non-hydrogen) atoms. The first kappa shape index (κ1) is 68.6. The first-order valence-electron chi connectivity index (χ1n) is 23.5. The molecule has 0 bridgehead atoms. The van der Waals surface area contributed by atoms with Gasteiger partial charge in [0.25, 0.3) is 11.8 Å². The minimum absolute atomic E-state index is 0. The molecule has 2 fully saturated rings. The Morgan fingerprint density at radius 1 is 0.662 bits per heavy atom. The number of likely N-dealkylation sites (N-methyl/N-ethyl adjacent to an activating group) is 1. The van der Waals surface area contributed by atoms with Crippen LogP contribution in [0.5, 0.6) is 0 Å². The smallest absolute Gasteiger partial charge is 0.328 e. The average Bonchev–Trinajstić information content (AvgIpc) is 3.80. The monoisotopic (exact) mass is 1220 g/mol. The van der Waals surface area contributed by atoms with Gasteiger partial charge in [-0.1, -0.05) is 80.9 Å². The standard InChI is InChI=1S/C23H39N5O7.C23H38N4O7.CH4.Ac/c1-7-10-15(19(30)21(32)25-11-8-2)26-20(31)16-12-27(13-17(29)35-9-3)23(34)28(16)22(33)18(24-6)14(4)5;1-7-10-16(19(29)21(31)24-11-8-2)25-20(30)17-12-26(13-18(28)34-9-3)23(33)27(17)22(32)15(6)14(4)5;;/h8,14-16,18-19,24,30H,2,7,9-13H2,1,3-6H3,(H,25,32)(H,26,31);8,14-17,19,29H,2,7,9-13H2,1,3-6H3,(H,24,31)(H,25,30);1H4;. The molecule has 7 N–H and O–H groups in total. The summed E-state index contributed by atoms with van der Waals surface area (Å²) >= 11 is 0. The van der Waals surface area contributed by atoms with Crippen LogP contribution in [0.1, 0.15) is 95.4 Å². The van der Waals surface area contributed by atoms with E-state index in [0.717, 1.165) is 19.6 Å². The fourth-order valence-corrected chi connectivity index (χ4v) is 7.31. The van der Waals surface area contributed by atoms with E-state index < -0.39 is 121 Å². The van der Waals surface area contributed by atoms with Crippen LogP contribution in [0.3, 0.4) is 0 Å². The normalized spacial score (nSPS) is 17.7. The van der Waals surface area contributed by atoms with Crippen LogP contribution in [0.4, 0.5) is 9.59 Å². The van der Waals surface area contributed by atoms with Gasteiger partial charge in [0.2, 0.25) is 23.6 Å². The summed E-state index contributed by atoms with van der Waals surface area (Å²) in [4.78, 5) is 131.